The number of amides is 1. The summed E-state index contributed by atoms with van der Waals surface area (Å²) in [5.41, 5.74) is 1.74. The summed E-state index contributed by atoms with van der Waals surface area (Å²) in [6.45, 7) is 6.02. The van der Waals surface area contributed by atoms with Crippen molar-refractivity contribution in [3.63, 3.8) is 0 Å². The first-order valence-corrected chi connectivity index (χ1v) is 10.2. The highest BCUT2D eigenvalue weighted by molar-refractivity contribution is 5.78. The summed E-state index contributed by atoms with van der Waals surface area (Å²) >= 11 is 0. The average Bonchev–Trinajstić information content (AvgIpc) is 2.44. The van der Waals surface area contributed by atoms with Gasteiger partial charge in [0.15, 0.2) is 0 Å². The van der Waals surface area contributed by atoms with Crippen molar-refractivity contribution in [3.8, 4) is 0 Å². The van der Waals surface area contributed by atoms with Crippen molar-refractivity contribution in [2.75, 3.05) is 6.54 Å². The van der Waals surface area contributed by atoms with E-state index in [2.05, 4.69) is 19.2 Å². The fourth-order valence-electron chi connectivity index (χ4n) is 7.92. The van der Waals surface area contributed by atoms with E-state index in [-0.39, 0.29) is 0 Å². The van der Waals surface area contributed by atoms with Gasteiger partial charge in [0.05, 0.1) is 0 Å². The Morgan fingerprint density at radius 1 is 0.957 bits per heavy atom. The van der Waals surface area contributed by atoms with E-state index in [0.717, 1.165) is 25.3 Å². The zero-order valence-corrected chi connectivity index (χ0v) is 15.3. The SMILES string of the molecule is C[C@]12CC3CC(CCNC(=O)C4CCCCC4)(C1)C[C@@](C)(C3)C2. The summed E-state index contributed by atoms with van der Waals surface area (Å²) in [5.74, 6) is 1.64. The quantitative estimate of drug-likeness (QED) is 0.770. The second kappa shape index (κ2) is 5.49. The predicted molar refractivity (Wildman–Crippen MR) is 94.0 cm³/mol. The van der Waals surface area contributed by atoms with Crippen LogP contribution in [0.3, 0.4) is 0 Å². The summed E-state index contributed by atoms with van der Waals surface area (Å²) in [5, 5.41) is 3.31. The molecule has 5 aliphatic rings. The molecule has 0 aromatic carbocycles. The molecule has 5 fully saturated rings. The standard InChI is InChI=1S/C21H35NO/c1-19-10-16-11-20(2,13-19)15-21(12-16,14-19)8-9-22-18(23)17-6-4-3-5-7-17/h16-17H,3-15H2,1-2H3,(H,22,23)/t16?,19-,20+,21?. The van der Waals surface area contributed by atoms with Crippen molar-refractivity contribution in [2.24, 2.45) is 28.1 Å². The summed E-state index contributed by atoms with van der Waals surface area (Å²) < 4.78 is 0. The maximum absolute atomic E-state index is 12.4. The molecule has 130 valence electrons. The van der Waals surface area contributed by atoms with Crippen LogP contribution in [0.4, 0.5) is 0 Å². The van der Waals surface area contributed by atoms with Crippen molar-refractivity contribution in [3.05, 3.63) is 0 Å². The van der Waals surface area contributed by atoms with Crippen LogP contribution in [-0.4, -0.2) is 12.5 Å². The largest absolute Gasteiger partial charge is 0.356 e. The Hall–Kier alpha value is -0.530. The maximum Gasteiger partial charge on any atom is 0.223 e. The van der Waals surface area contributed by atoms with Gasteiger partial charge in [0.25, 0.3) is 0 Å². The van der Waals surface area contributed by atoms with Crippen LogP contribution in [-0.2, 0) is 4.79 Å². The lowest BCUT2D eigenvalue weighted by molar-refractivity contribution is -0.147. The smallest absolute Gasteiger partial charge is 0.223 e. The van der Waals surface area contributed by atoms with Crippen molar-refractivity contribution < 1.29 is 4.79 Å². The first-order valence-electron chi connectivity index (χ1n) is 10.2. The van der Waals surface area contributed by atoms with Crippen molar-refractivity contribution in [1.29, 1.82) is 0 Å². The molecule has 5 saturated carbocycles. The fourth-order valence-corrected chi connectivity index (χ4v) is 7.92. The molecule has 1 N–H and O–H groups in total. The van der Waals surface area contributed by atoms with Crippen LogP contribution in [0.5, 0.6) is 0 Å². The van der Waals surface area contributed by atoms with Gasteiger partial charge in [0.2, 0.25) is 5.91 Å². The molecular formula is C21H35NO. The van der Waals surface area contributed by atoms with Gasteiger partial charge < -0.3 is 5.32 Å². The Bertz CT molecular complexity index is 460. The normalized spacial score (nSPS) is 46.1. The molecule has 0 saturated heterocycles. The van der Waals surface area contributed by atoms with Crippen molar-refractivity contribution in [2.45, 2.75) is 90.9 Å². The third kappa shape index (κ3) is 3.07. The molecule has 0 aliphatic heterocycles. The summed E-state index contributed by atoms with van der Waals surface area (Å²) in [4.78, 5) is 12.4. The lowest BCUT2D eigenvalue weighted by atomic mass is 9.40. The number of carbonyl (C=O) groups is 1. The van der Waals surface area contributed by atoms with E-state index in [1.54, 1.807) is 0 Å². The molecule has 0 aromatic heterocycles. The van der Waals surface area contributed by atoms with E-state index in [9.17, 15) is 4.79 Å². The van der Waals surface area contributed by atoms with Crippen LogP contribution in [0.2, 0.25) is 0 Å². The van der Waals surface area contributed by atoms with Crippen LogP contribution in [0.15, 0.2) is 0 Å². The molecule has 2 unspecified atom stereocenters. The number of rotatable bonds is 4. The number of carbonyl (C=O) groups excluding carboxylic acids is 1. The van der Waals surface area contributed by atoms with Gasteiger partial charge in [0.1, 0.15) is 0 Å². The van der Waals surface area contributed by atoms with Gasteiger partial charge in [-0.15, -0.1) is 0 Å². The van der Waals surface area contributed by atoms with E-state index in [4.69, 9.17) is 0 Å². The number of nitrogens with one attached hydrogen (secondary N) is 1. The Balaban J connectivity index is 1.35. The zero-order valence-electron chi connectivity index (χ0n) is 15.3. The van der Waals surface area contributed by atoms with Crippen LogP contribution in [0.25, 0.3) is 0 Å². The minimum Gasteiger partial charge on any atom is -0.356 e. The first-order chi connectivity index (χ1) is 10.9. The second-order valence-electron chi connectivity index (χ2n) is 10.5. The predicted octanol–water partition coefficient (Wildman–Crippen LogP) is 5.07. The highest BCUT2D eigenvalue weighted by atomic mass is 16.1. The highest BCUT2D eigenvalue weighted by Gasteiger charge is 2.59. The van der Waals surface area contributed by atoms with Crippen LogP contribution in [0, 0.1) is 28.1 Å². The molecule has 0 radical (unpaired) electrons. The van der Waals surface area contributed by atoms with Crippen LogP contribution >= 0.6 is 0 Å². The number of hydrogen-bond acceptors (Lipinski definition) is 1. The molecule has 4 bridgehead atoms. The molecule has 23 heavy (non-hydrogen) atoms. The van der Waals surface area contributed by atoms with E-state index < -0.39 is 0 Å². The van der Waals surface area contributed by atoms with E-state index in [1.807, 2.05) is 0 Å². The van der Waals surface area contributed by atoms with Crippen LogP contribution < -0.4 is 5.32 Å². The minimum absolute atomic E-state index is 0.315. The Morgan fingerprint density at radius 3 is 2.22 bits per heavy atom. The Morgan fingerprint density at radius 2 is 1.61 bits per heavy atom. The molecule has 5 aliphatic carbocycles. The molecule has 5 rings (SSSR count). The van der Waals surface area contributed by atoms with Crippen molar-refractivity contribution in [1.82, 2.24) is 5.32 Å². The highest BCUT2D eigenvalue weighted by Crippen LogP contribution is 2.70. The summed E-state index contributed by atoms with van der Waals surface area (Å²) in [6.07, 6.45) is 16.0. The topological polar surface area (TPSA) is 29.1 Å². The van der Waals surface area contributed by atoms with Gasteiger partial charge in [-0.3, -0.25) is 4.79 Å². The average molecular weight is 318 g/mol. The third-order valence-electron chi connectivity index (χ3n) is 7.67. The molecule has 4 atom stereocenters. The molecule has 0 spiro atoms. The van der Waals surface area contributed by atoms with Gasteiger partial charge >= 0.3 is 0 Å². The van der Waals surface area contributed by atoms with Gasteiger partial charge in [-0.1, -0.05) is 33.1 Å². The van der Waals surface area contributed by atoms with E-state index in [0.29, 0.717) is 28.1 Å². The molecule has 1 amide bonds. The Labute approximate surface area is 142 Å². The molecule has 2 nitrogen and oxygen atoms in total. The lowest BCUT2D eigenvalue weighted by Crippen LogP contribution is -2.55. The summed E-state index contributed by atoms with van der Waals surface area (Å²) in [7, 11) is 0. The van der Waals surface area contributed by atoms with Crippen LogP contribution in [0.1, 0.15) is 90.9 Å². The summed E-state index contributed by atoms with van der Waals surface area (Å²) in [6, 6.07) is 0. The monoisotopic (exact) mass is 317 g/mol. The zero-order chi connectivity index (χ0) is 16.1. The van der Waals surface area contributed by atoms with E-state index >= 15 is 0 Å². The minimum atomic E-state index is 0.315. The van der Waals surface area contributed by atoms with Gasteiger partial charge in [-0.05, 0) is 80.0 Å². The lowest BCUT2D eigenvalue weighted by Gasteiger charge is -2.65. The molecule has 0 heterocycles. The number of hydrogen-bond donors (Lipinski definition) is 1. The third-order valence-corrected chi connectivity index (χ3v) is 7.67. The molecule has 2 heteroatoms. The first kappa shape index (κ1) is 16.0. The van der Waals surface area contributed by atoms with Crippen molar-refractivity contribution >= 4 is 5.91 Å². The van der Waals surface area contributed by atoms with E-state index in [1.165, 1.54) is 64.2 Å². The second-order valence-corrected chi connectivity index (χ2v) is 10.5. The molecular weight excluding hydrogens is 282 g/mol. The van der Waals surface area contributed by atoms with Gasteiger partial charge in [-0.25, -0.2) is 0 Å². The Kier molecular flexibility index (Phi) is 3.81. The molecule has 0 aromatic rings. The van der Waals surface area contributed by atoms with Gasteiger partial charge in [0, 0.05) is 12.5 Å². The van der Waals surface area contributed by atoms with Gasteiger partial charge in [-0.2, -0.15) is 0 Å². The maximum atomic E-state index is 12.4. The fraction of sp³-hybridized carbons (Fsp3) is 0.952.